The molecule has 0 aromatic heterocycles. The van der Waals surface area contributed by atoms with Crippen molar-refractivity contribution in [2.45, 2.75) is 32.0 Å². The van der Waals surface area contributed by atoms with Crippen molar-refractivity contribution in [3.8, 4) is 5.75 Å². The Morgan fingerprint density at radius 2 is 1.96 bits per heavy atom. The molecule has 0 spiro atoms. The van der Waals surface area contributed by atoms with Gasteiger partial charge in [0.05, 0.1) is 12.1 Å². The van der Waals surface area contributed by atoms with Crippen LogP contribution in [0.3, 0.4) is 0 Å². The van der Waals surface area contributed by atoms with E-state index in [-0.39, 0.29) is 30.9 Å². The number of rotatable bonds is 7. The zero-order chi connectivity index (χ0) is 20.0. The molecule has 1 fully saturated rings. The van der Waals surface area contributed by atoms with Gasteiger partial charge in [-0.3, -0.25) is 14.5 Å². The number of carbonyl (C=O) groups is 2. The van der Waals surface area contributed by atoms with E-state index < -0.39 is 17.7 Å². The average molecular weight is 388 g/mol. The normalized spacial score (nSPS) is 15.8. The molecule has 0 unspecified atom stereocenters. The van der Waals surface area contributed by atoms with Gasteiger partial charge in [0.15, 0.2) is 6.61 Å². The number of alkyl halides is 3. The SMILES string of the molecule is CCN(CC(=O)O)C1CCN(C(=O)COc2cccc(C(F)(F)F)c2)CC1. The highest BCUT2D eigenvalue weighted by Gasteiger charge is 2.31. The average Bonchev–Trinajstić information content (AvgIpc) is 2.63. The fourth-order valence-electron chi connectivity index (χ4n) is 3.15. The van der Waals surface area contributed by atoms with Crippen LogP contribution in [0.1, 0.15) is 25.3 Å². The molecule has 0 bridgehead atoms. The molecule has 1 N–H and O–H groups in total. The van der Waals surface area contributed by atoms with Crippen LogP contribution in [0.4, 0.5) is 13.2 Å². The molecule has 0 aliphatic carbocycles. The van der Waals surface area contributed by atoms with Gasteiger partial charge < -0.3 is 14.7 Å². The van der Waals surface area contributed by atoms with Gasteiger partial charge in [-0.2, -0.15) is 13.2 Å². The molecule has 1 amide bonds. The minimum Gasteiger partial charge on any atom is -0.484 e. The number of likely N-dealkylation sites (tertiary alicyclic amines) is 1. The van der Waals surface area contributed by atoms with Crippen LogP contribution in [0.15, 0.2) is 24.3 Å². The minimum atomic E-state index is -4.47. The summed E-state index contributed by atoms with van der Waals surface area (Å²) in [6.07, 6.45) is -3.17. The Morgan fingerprint density at radius 3 is 2.52 bits per heavy atom. The fraction of sp³-hybridized carbons (Fsp3) is 0.556. The van der Waals surface area contributed by atoms with Crippen LogP contribution in [0.25, 0.3) is 0 Å². The maximum absolute atomic E-state index is 12.7. The highest BCUT2D eigenvalue weighted by molar-refractivity contribution is 5.77. The van der Waals surface area contributed by atoms with E-state index in [1.807, 2.05) is 11.8 Å². The van der Waals surface area contributed by atoms with Gasteiger partial charge in [-0.05, 0) is 37.6 Å². The summed E-state index contributed by atoms with van der Waals surface area (Å²) in [5.41, 5.74) is -0.827. The molecule has 0 atom stereocenters. The van der Waals surface area contributed by atoms with Crippen molar-refractivity contribution in [3.63, 3.8) is 0 Å². The van der Waals surface area contributed by atoms with Crippen molar-refractivity contribution in [1.29, 1.82) is 0 Å². The maximum atomic E-state index is 12.7. The second-order valence-electron chi connectivity index (χ2n) is 6.38. The molecule has 6 nitrogen and oxygen atoms in total. The molecule has 27 heavy (non-hydrogen) atoms. The predicted molar refractivity (Wildman–Crippen MR) is 91.4 cm³/mol. The molecule has 0 saturated carbocycles. The van der Waals surface area contributed by atoms with Crippen LogP contribution >= 0.6 is 0 Å². The Balaban J connectivity index is 1.84. The number of halogens is 3. The summed E-state index contributed by atoms with van der Waals surface area (Å²) in [5, 5.41) is 8.94. The van der Waals surface area contributed by atoms with Crippen LogP contribution in [0, 0.1) is 0 Å². The van der Waals surface area contributed by atoms with E-state index in [4.69, 9.17) is 9.84 Å². The molecule has 1 heterocycles. The van der Waals surface area contributed by atoms with Crippen LogP contribution in [-0.2, 0) is 15.8 Å². The number of aliphatic carboxylic acids is 1. The monoisotopic (exact) mass is 388 g/mol. The minimum absolute atomic E-state index is 0.00771. The lowest BCUT2D eigenvalue weighted by Crippen LogP contribution is -2.49. The lowest BCUT2D eigenvalue weighted by Gasteiger charge is -2.37. The molecule has 1 aromatic carbocycles. The summed E-state index contributed by atoms with van der Waals surface area (Å²) in [6, 6.07) is 4.51. The zero-order valence-electron chi connectivity index (χ0n) is 15.0. The van der Waals surface area contributed by atoms with E-state index in [1.54, 1.807) is 4.90 Å². The summed E-state index contributed by atoms with van der Waals surface area (Å²) in [4.78, 5) is 26.6. The maximum Gasteiger partial charge on any atom is 0.416 e. The number of nitrogens with zero attached hydrogens (tertiary/aromatic N) is 2. The number of carbonyl (C=O) groups excluding carboxylic acids is 1. The highest BCUT2D eigenvalue weighted by atomic mass is 19.4. The van der Waals surface area contributed by atoms with E-state index >= 15 is 0 Å². The lowest BCUT2D eigenvalue weighted by atomic mass is 10.0. The Bertz CT molecular complexity index is 658. The van der Waals surface area contributed by atoms with Crippen molar-refractivity contribution in [1.82, 2.24) is 9.80 Å². The molecular weight excluding hydrogens is 365 g/mol. The molecule has 1 saturated heterocycles. The van der Waals surface area contributed by atoms with Crippen molar-refractivity contribution in [2.75, 3.05) is 32.8 Å². The van der Waals surface area contributed by atoms with Gasteiger partial charge in [-0.1, -0.05) is 13.0 Å². The standard InChI is InChI=1S/C18H23F3N2O4/c1-2-22(11-17(25)26)14-6-8-23(9-7-14)16(24)12-27-15-5-3-4-13(10-15)18(19,20)21/h3-5,10,14H,2,6-9,11-12H2,1H3,(H,25,26). The van der Waals surface area contributed by atoms with E-state index in [9.17, 15) is 22.8 Å². The van der Waals surface area contributed by atoms with Gasteiger partial charge in [0.2, 0.25) is 0 Å². The zero-order valence-corrected chi connectivity index (χ0v) is 15.0. The first-order chi connectivity index (χ1) is 12.7. The van der Waals surface area contributed by atoms with Gasteiger partial charge in [0.1, 0.15) is 5.75 Å². The number of benzene rings is 1. The summed E-state index contributed by atoms with van der Waals surface area (Å²) < 4.78 is 43.3. The molecule has 1 aliphatic rings. The molecule has 150 valence electrons. The topological polar surface area (TPSA) is 70.1 Å². The first kappa shape index (κ1) is 21.0. The summed E-state index contributed by atoms with van der Waals surface area (Å²) in [6.45, 7) is 3.07. The van der Waals surface area contributed by atoms with Crippen molar-refractivity contribution in [3.05, 3.63) is 29.8 Å². The predicted octanol–water partition coefficient (Wildman–Crippen LogP) is 2.48. The van der Waals surface area contributed by atoms with E-state index in [1.165, 1.54) is 12.1 Å². The Morgan fingerprint density at radius 1 is 1.30 bits per heavy atom. The van der Waals surface area contributed by atoms with Crippen molar-refractivity contribution >= 4 is 11.9 Å². The summed E-state index contributed by atoms with van der Waals surface area (Å²) in [5.74, 6) is -1.19. The van der Waals surface area contributed by atoms with E-state index in [0.717, 1.165) is 12.1 Å². The summed E-state index contributed by atoms with van der Waals surface area (Å²) in [7, 11) is 0. The molecular formula is C18H23F3N2O4. The summed E-state index contributed by atoms with van der Waals surface area (Å²) >= 11 is 0. The van der Waals surface area contributed by atoms with Crippen molar-refractivity contribution in [2.24, 2.45) is 0 Å². The van der Waals surface area contributed by atoms with Gasteiger partial charge in [-0.25, -0.2) is 0 Å². The Kier molecular flexibility index (Phi) is 7.06. The van der Waals surface area contributed by atoms with Crippen molar-refractivity contribution < 1.29 is 32.6 Å². The number of hydrogen-bond acceptors (Lipinski definition) is 4. The third-order valence-corrected chi connectivity index (χ3v) is 4.60. The molecule has 1 aliphatic heterocycles. The third kappa shape index (κ3) is 6.13. The number of carboxylic acids is 1. The quantitative estimate of drug-likeness (QED) is 0.777. The van der Waals surface area contributed by atoms with E-state index in [2.05, 4.69) is 0 Å². The number of hydrogen-bond donors (Lipinski definition) is 1. The molecule has 1 aromatic rings. The largest absolute Gasteiger partial charge is 0.484 e. The van der Waals surface area contributed by atoms with Crippen LogP contribution in [0.2, 0.25) is 0 Å². The number of likely N-dealkylation sites (N-methyl/N-ethyl adjacent to an activating group) is 1. The van der Waals surface area contributed by atoms with Gasteiger partial charge in [-0.15, -0.1) is 0 Å². The molecule has 9 heteroatoms. The number of piperidine rings is 1. The van der Waals surface area contributed by atoms with Gasteiger partial charge in [0.25, 0.3) is 5.91 Å². The lowest BCUT2D eigenvalue weighted by molar-refractivity contribution is -0.140. The number of carboxylic acid groups (broad SMARTS) is 1. The first-order valence-corrected chi connectivity index (χ1v) is 8.74. The second kappa shape index (κ2) is 9.07. The van der Waals surface area contributed by atoms with Crippen LogP contribution in [0.5, 0.6) is 5.75 Å². The Hall–Kier alpha value is -2.29. The van der Waals surface area contributed by atoms with Crippen LogP contribution in [-0.4, -0.2) is 65.6 Å². The molecule has 0 radical (unpaired) electrons. The number of amides is 1. The second-order valence-corrected chi connectivity index (χ2v) is 6.38. The van der Waals surface area contributed by atoms with Gasteiger partial charge in [0, 0.05) is 19.1 Å². The van der Waals surface area contributed by atoms with Gasteiger partial charge >= 0.3 is 12.1 Å². The Labute approximate surface area is 155 Å². The number of ether oxygens (including phenoxy) is 1. The fourth-order valence-corrected chi connectivity index (χ4v) is 3.15. The smallest absolute Gasteiger partial charge is 0.416 e. The highest BCUT2D eigenvalue weighted by Crippen LogP contribution is 2.31. The third-order valence-electron chi connectivity index (χ3n) is 4.60. The van der Waals surface area contributed by atoms with Crippen LogP contribution < -0.4 is 4.74 Å². The first-order valence-electron chi connectivity index (χ1n) is 8.74. The van der Waals surface area contributed by atoms with E-state index in [0.29, 0.717) is 32.5 Å². The molecule has 2 rings (SSSR count).